The zero-order valence-electron chi connectivity index (χ0n) is 10.5. The second kappa shape index (κ2) is 6.53. The van der Waals surface area contributed by atoms with E-state index in [2.05, 4.69) is 17.2 Å². The van der Waals surface area contributed by atoms with Crippen LogP contribution in [0.2, 0.25) is 0 Å². The van der Waals surface area contributed by atoms with Crippen molar-refractivity contribution in [2.45, 2.75) is 13.5 Å². The number of rotatable bonds is 3. The van der Waals surface area contributed by atoms with Crippen molar-refractivity contribution >= 4 is 28.6 Å². The molecule has 2 rings (SSSR count). The van der Waals surface area contributed by atoms with E-state index in [9.17, 15) is 4.79 Å². The first-order valence-corrected chi connectivity index (χ1v) is 7.60. The van der Waals surface area contributed by atoms with Crippen LogP contribution in [-0.4, -0.2) is 12.5 Å². The van der Waals surface area contributed by atoms with E-state index in [4.69, 9.17) is 5.73 Å². The first kappa shape index (κ1) is 13.8. The lowest BCUT2D eigenvalue weighted by atomic mass is 10.2. The van der Waals surface area contributed by atoms with Crippen molar-refractivity contribution in [1.29, 1.82) is 0 Å². The highest BCUT2D eigenvalue weighted by Crippen LogP contribution is 2.16. The van der Waals surface area contributed by atoms with Gasteiger partial charge in [0.05, 0.1) is 18.7 Å². The molecule has 0 saturated heterocycles. The molecule has 2 aromatic heterocycles. The molecule has 19 heavy (non-hydrogen) atoms. The number of thiophene rings is 2. The summed E-state index contributed by atoms with van der Waals surface area (Å²) in [4.78, 5) is 13.0. The lowest BCUT2D eigenvalue weighted by molar-refractivity contribution is 0.0951. The summed E-state index contributed by atoms with van der Waals surface area (Å²) in [7, 11) is 0. The summed E-state index contributed by atoms with van der Waals surface area (Å²) < 4.78 is 0. The van der Waals surface area contributed by atoms with Gasteiger partial charge in [0.2, 0.25) is 0 Å². The van der Waals surface area contributed by atoms with Crippen molar-refractivity contribution < 1.29 is 4.79 Å². The number of carbonyl (C=O) groups is 1. The van der Waals surface area contributed by atoms with Crippen LogP contribution in [0.15, 0.2) is 22.2 Å². The predicted molar refractivity (Wildman–Crippen MR) is 80.5 cm³/mol. The Morgan fingerprint density at radius 3 is 2.95 bits per heavy atom. The van der Waals surface area contributed by atoms with Crippen LogP contribution in [0.5, 0.6) is 0 Å². The van der Waals surface area contributed by atoms with Gasteiger partial charge in [-0.2, -0.15) is 11.3 Å². The van der Waals surface area contributed by atoms with Gasteiger partial charge in [0.1, 0.15) is 0 Å². The third-order valence-corrected chi connectivity index (χ3v) is 4.31. The summed E-state index contributed by atoms with van der Waals surface area (Å²) in [5, 5.41) is 8.73. The topological polar surface area (TPSA) is 55.1 Å². The van der Waals surface area contributed by atoms with Crippen LogP contribution in [0.3, 0.4) is 0 Å². The highest BCUT2D eigenvalue weighted by molar-refractivity contribution is 7.10. The zero-order valence-corrected chi connectivity index (χ0v) is 12.2. The van der Waals surface area contributed by atoms with Crippen molar-refractivity contribution in [2.75, 3.05) is 6.54 Å². The van der Waals surface area contributed by atoms with E-state index in [0.717, 1.165) is 21.6 Å². The molecule has 0 saturated carbocycles. The van der Waals surface area contributed by atoms with Crippen molar-refractivity contribution in [2.24, 2.45) is 5.73 Å². The number of aryl methyl sites for hydroxylation is 1. The Kier molecular flexibility index (Phi) is 4.74. The minimum absolute atomic E-state index is 0.0262. The minimum Gasteiger partial charge on any atom is -0.347 e. The molecule has 0 aliphatic heterocycles. The molecule has 0 fully saturated rings. The zero-order chi connectivity index (χ0) is 13.7. The Balaban J connectivity index is 1.94. The van der Waals surface area contributed by atoms with Crippen LogP contribution < -0.4 is 11.1 Å². The summed E-state index contributed by atoms with van der Waals surface area (Å²) in [6, 6.07) is 1.98. The molecule has 2 heterocycles. The molecule has 0 aliphatic carbocycles. The van der Waals surface area contributed by atoms with Gasteiger partial charge in [-0.3, -0.25) is 4.79 Å². The smallest absolute Gasteiger partial charge is 0.252 e. The number of nitrogens with two attached hydrogens (primary N) is 1. The Morgan fingerprint density at radius 2 is 2.26 bits per heavy atom. The van der Waals surface area contributed by atoms with Crippen molar-refractivity contribution in [3.05, 3.63) is 43.8 Å². The fraction of sp³-hybridized carbons (Fsp3) is 0.214. The SMILES string of the molecule is Cc1cscc1C(=O)NCc1cc(C#CCN)cs1. The fourth-order valence-corrected chi connectivity index (χ4v) is 3.13. The van der Waals surface area contributed by atoms with Crippen LogP contribution in [-0.2, 0) is 6.54 Å². The number of carbonyl (C=O) groups excluding carboxylic acids is 1. The monoisotopic (exact) mass is 290 g/mol. The van der Waals surface area contributed by atoms with Crippen LogP contribution in [0.1, 0.15) is 26.4 Å². The average Bonchev–Trinajstić information content (AvgIpc) is 3.02. The first-order valence-electron chi connectivity index (χ1n) is 5.78. The summed E-state index contributed by atoms with van der Waals surface area (Å²) in [5.74, 6) is 5.76. The quantitative estimate of drug-likeness (QED) is 0.853. The van der Waals surface area contributed by atoms with Crippen LogP contribution >= 0.6 is 22.7 Å². The Labute approximate surface area is 120 Å². The molecule has 0 radical (unpaired) electrons. The first-order chi connectivity index (χ1) is 9.20. The molecule has 0 spiro atoms. The van der Waals surface area contributed by atoms with E-state index in [1.54, 1.807) is 22.7 Å². The third kappa shape index (κ3) is 3.67. The van der Waals surface area contributed by atoms with Crippen molar-refractivity contribution in [3.63, 3.8) is 0 Å². The van der Waals surface area contributed by atoms with Crippen molar-refractivity contribution in [3.8, 4) is 11.8 Å². The maximum absolute atomic E-state index is 11.9. The molecule has 0 aromatic carbocycles. The molecule has 0 atom stereocenters. The molecule has 3 N–H and O–H groups in total. The largest absolute Gasteiger partial charge is 0.347 e. The van der Waals surface area contributed by atoms with E-state index in [-0.39, 0.29) is 5.91 Å². The molecule has 0 bridgehead atoms. The highest BCUT2D eigenvalue weighted by Gasteiger charge is 2.09. The average molecular weight is 290 g/mol. The number of amides is 1. The molecule has 0 aliphatic rings. The van der Waals surface area contributed by atoms with E-state index >= 15 is 0 Å². The maximum atomic E-state index is 11.9. The minimum atomic E-state index is -0.0262. The number of hydrogen-bond donors (Lipinski definition) is 2. The van der Waals surface area contributed by atoms with Gasteiger partial charge in [0.25, 0.3) is 5.91 Å². The van der Waals surface area contributed by atoms with Gasteiger partial charge in [-0.05, 0) is 23.9 Å². The highest BCUT2D eigenvalue weighted by atomic mass is 32.1. The van der Waals surface area contributed by atoms with Crippen molar-refractivity contribution in [1.82, 2.24) is 5.32 Å². The standard InChI is InChI=1S/C14H14N2OS2/c1-10-7-18-9-13(10)14(17)16-6-12-5-11(8-19-12)3-2-4-15/h5,7-9H,4,6,15H2,1H3,(H,16,17). The van der Waals surface area contributed by atoms with Gasteiger partial charge in [0.15, 0.2) is 0 Å². The molecule has 1 amide bonds. The fourth-order valence-electron chi connectivity index (χ4n) is 1.55. The number of hydrogen-bond acceptors (Lipinski definition) is 4. The second-order valence-electron chi connectivity index (χ2n) is 3.96. The molecule has 98 valence electrons. The maximum Gasteiger partial charge on any atom is 0.252 e. The van der Waals surface area contributed by atoms with Gasteiger partial charge in [-0.25, -0.2) is 0 Å². The molecule has 0 unspecified atom stereocenters. The Bertz CT molecular complexity index is 631. The van der Waals surface area contributed by atoms with E-state index in [1.807, 2.05) is 29.1 Å². The van der Waals surface area contributed by atoms with Gasteiger partial charge in [0, 0.05) is 21.2 Å². The molecule has 3 nitrogen and oxygen atoms in total. The van der Waals surface area contributed by atoms with Gasteiger partial charge < -0.3 is 11.1 Å². The van der Waals surface area contributed by atoms with E-state index < -0.39 is 0 Å². The third-order valence-electron chi connectivity index (χ3n) is 2.51. The summed E-state index contributed by atoms with van der Waals surface area (Å²) in [5.41, 5.74) is 8.05. The Hall–Kier alpha value is -1.61. The van der Waals surface area contributed by atoms with E-state index in [0.29, 0.717) is 13.1 Å². The van der Waals surface area contributed by atoms with Crippen LogP contribution in [0.4, 0.5) is 0 Å². The summed E-state index contributed by atoms with van der Waals surface area (Å²) in [6.07, 6.45) is 0. The van der Waals surface area contributed by atoms with E-state index in [1.165, 1.54) is 0 Å². The van der Waals surface area contributed by atoms with Gasteiger partial charge >= 0.3 is 0 Å². The predicted octanol–water partition coefficient (Wildman–Crippen LogP) is 2.36. The molecular formula is C14H14N2OS2. The van der Waals surface area contributed by atoms with Crippen LogP contribution in [0, 0.1) is 18.8 Å². The Morgan fingerprint density at radius 1 is 1.42 bits per heavy atom. The molecular weight excluding hydrogens is 276 g/mol. The lowest BCUT2D eigenvalue weighted by Crippen LogP contribution is -2.22. The molecule has 5 heteroatoms. The molecule has 2 aromatic rings. The van der Waals surface area contributed by atoms with Gasteiger partial charge in [-0.1, -0.05) is 11.8 Å². The van der Waals surface area contributed by atoms with Gasteiger partial charge in [-0.15, -0.1) is 11.3 Å². The van der Waals surface area contributed by atoms with Crippen LogP contribution in [0.25, 0.3) is 0 Å². The summed E-state index contributed by atoms with van der Waals surface area (Å²) >= 11 is 3.13. The number of nitrogens with one attached hydrogen (secondary N) is 1. The second-order valence-corrected chi connectivity index (χ2v) is 5.70. The normalized spacial score (nSPS) is 9.79. The lowest BCUT2D eigenvalue weighted by Gasteiger charge is -2.02. The summed E-state index contributed by atoms with van der Waals surface area (Å²) in [6.45, 7) is 2.83.